The molecule has 4 heterocycles. The summed E-state index contributed by atoms with van der Waals surface area (Å²) in [6.45, 7) is 21.7. The highest BCUT2D eigenvalue weighted by Crippen LogP contribution is 2.33. The minimum absolute atomic E-state index is 0.00528. The molecule has 3 aliphatic heterocycles. The van der Waals surface area contributed by atoms with Gasteiger partial charge in [-0.3, -0.25) is 10.3 Å². The predicted octanol–water partition coefficient (Wildman–Crippen LogP) is 5.64. The van der Waals surface area contributed by atoms with Crippen molar-refractivity contribution in [2.75, 3.05) is 13.1 Å². The number of guanidine groups is 1. The van der Waals surface area contributed by atoms with Gasteiger partial charge in [-0.25, -0.2) is 9.38 Å². The lowest BCUT2D eigenvalue weighted by molar-refractivity contribution is 0.110. The number of halogens is 1. The van der Waals surface area contributed by atoms with Gasteiger partial charge in [-0.05, 0) is 75.3 Å². The molecule has 0 radical (unpaired) electrons. The second kappa shape index (κ2) is 12.5. The van der Waals surface area contributed by atoms with Crippen LogP contribution in [0, 0.1) is 0 Å². The van der Waals surface area contributed by atoms with Gasteiger partial charge in [-0.15, -0.1) is 0 Å². The SMILES string of the molecule is C=NN1C(=NCc2ccccc2-c2nccc3c2CCN(C(=C)C(=C)F)C3)N=C(OC2CCC(C)(C)NC2)NC1=C(C)C. The van der Waals surface area contributed by atoms with Crippen molar-refractivity contribution in [3.05, 3.63) is 89.3 Å². The monoisotopic (exact) mass is 584 g/mol. The molecule has 3 aliphatic rings. The Morgan fingerprint density at radius 2 is 2.00 bits per heavy atom. The number of hydrazone groups is 1. The number of nitrogens with one attached hydrogen (secondary N) is 2. The van der Waals surface area contributed by atoms with Gasteiger partial charge in [0.2, 0.25) is 0 Å². The van der Waals surface area contributed by atoms with Crippen LogP contribution in [0.5, 0.6) is 0 Å². The Hall–Kier alpha value is -4.31. The van der Waals surface area contributed by atoms with Crippen molar-refractivity contribution in [3.63, 3.8) is 0 Å². The molecule has 2 aromatic rings. The molecule has 1 aromatic carbocycles. The van der Waals surface area contributed by atoms with E-state index in [9.17, 15) is 4.39 Å². The van der Waals surface area contributed by atoms with Gasteiger partial charge in [-0.1, -0.05) is 37.4 Å². The molecule has 0 saturated carbocycles. The third-order valence-corrected chi connectivity index (χ3v) is 8.12. The lowest BCUT2D eigenvalue weighted by atomic mass is 9.92. The minimum Gasteiger partial charge on any atom is -0.460 e. The van der Waals surface area contributed by atoms with Gasteiger partial charge in [-0.2, -0.15) is 15.1 Å². The van der Waals surface area contributed by atoms with E-state index < -0.39 is 5.83 Å². The molecule has 43 heavy (non-hydrogen) atoms. The molecule has 1 aromatic heterocycles. The number of nitrogens with zero attached hydrogens (tertiary/aromatic N) is 6. The number of aliphatic imine (C=N–C) groups is 2. The maximum atomic E-state index is 13.8. The van der Waals surface area contributed by atoms with Gasteiger partial charge in [0.05, 0.1) is 17.9 Å². The Morgan fingerprint density at radius 1 is 1.21 bits per heavy atom. The second-order valence-electron chi connectivity index (χ2n) is 12.0. The fourth-order valence-corrected chi connectivity index (χ4v) is 5.58. The molecule has 226 valence electrons. The third-order valence-electron chi connectivity index (χ3n) is 8.12. The molecular weight excluding hydrogens is 543 g/mol. The Labute approximate surface area is 253 Å². The first-order valence-electron chi connectivity index (χ1n) is 14.7. The normalized spacial score (nSPS) is 20.6. The van der Waals surface area contributed by atoms with Gasteiger partial charge in [0.15, 0.2) is 0 Å². The number of hydrogen-bond donors (Lipinski definition) is 2. The first-order valence-corrected chi connectivity index (χ1v) is 14.7. The molecule has 1 fully saturated rings. The van der Waals surface area contributed by atoms with Crippen molar-refractivity contribution < 1.29 is 9.13 Å². The van der Waals surface area contributed by atoms with E-state index in [-0.39, 0.29) is 11.6 Å². The summed E-state index contributed by atoms with van der Waals surface area (Å²) >= 11 is 0. The largest absolute Gasteiger partial charge is 0.460 e. The smallest absolute Gasteiger partial charge is 0.298 e. The zero-order chi connectivity index (χ0) is 30.7. The van der Waals surface area contributed by atoms with E-state index in [0.717, 1.165) is 65.1 Å². The number of allylic oxidation sites excluding steroid dienone is 2. The van der Waals surface area contributed by atoms with Crippen molar-refractivity contribution in [2.24, 2.45) is 15.1 Å². The van der Waals surface area contributed by atoms with Crippen LogP contribution in [-0.4, -0.2) is 58.3 Å². The number of aromatic nitrogens is 1. The molecule has 0 amide bonds. The highest BCUT2D eigenvalue weighted by atomic mass is 19.1. The molecule has 1 atom stereocenters. The van der Waals surface area contributed by atoms with Crippen molar-refractivity contribution in [3.8, 4) is 11.3 Å². The van der Waals surface area contributed by atoms with Crippen molar-refractivity contribution in [2.45, 2.75) is 71.7 Å². The minimum atomic E-state index is -0.505. The topological polar surface area (TPSA) is 89.7 Å². The molecule has 0 bridgehead atoms. The van der Waals surface area contributed by atoms with Crippen LogP contribution in [0.15, 0.2) is 87.7 Å². The van der Waals surface area contributed by atoms with Gasteiger partial charge in [0, 0.05) is 43.7 Å². The number of fused-ring (bicyclic) bond motifs is 1. The van der Waals surface area contributed by atoms with E-state index in [4.69, 9.17) is 19.7 Å². The van der Waals surface area contributed by atoms with Crippen LogP contribution in [0.3, 0.4) is 0 Å². The summed E-state index contributed by atoms with van der Waals surface area (Å²) in [4.78, 5) is 16.3. The fraction of sp³-hybridized carbons (Fsp3) is 0.394. The highest BCUT2D eigenvalue weighted by molar-refractivity contribution is 5.97. The standard InChI is InChI=1S/C33H41FN8O/c1-21(2)30-39-32(43-26-12-15-33(5,6)38-19-26)40-31(42(30)35-7)37-18-24-10-8-9-11-27(24)29-28-14-17-41(23(4)22(3)34)20-25(28)13-16-36-29/h8-11,13,16,26,38H,3-4,7,12,14-15,17-20H2,1-2,5-6H3,(H,37,39,40). The lowest BCUT2D eigenvalue weighted by Crippen LogP contribution is -2.51. The summed E-state index contributed by atoms with van der Waals surface area (Å²) in [6, 6.07) is 10.5. The summed E-state index contributed by atoms with van der Waals surface area (Å²) < 4.78 is 20.1. The summed E-state index contributed by atoms with van der Waals surface area (Å²) in [6.07, 6.45) is 4.45. The Balaban J connectivity index is 1.43. The first kappa shape index (κ1) is 30.2. The molecule has 0 spiro atoms. The van der Waals surface area contributed by atoms with Crippen LogP contribution < -0.4 is 10.6 Å². The quantitative estimate of drug-likeness (QED) is 0.324. The average molecular weight is 585 g/mol. The van der Waals surface area contributed by atoms with Crippen LogP contribution >= 0.6 is 0 Å². The van der Waals surface area contributed by atoms with E-state index in [1.165, 1.54) is 0 Å². The average Bonchev–Trinajstić information content (AvgIpc) is 2.99. The zero-order valence-corrected chi connectivity index (χ0v) is 25.6. The van der Waals surface area contributed by atoms with Crippen LogP contribution in [0.1, 0.15) is 57.2 Å². The zero-order valence-electron chi connectivity index (χ0n) is 25.6. The number of amidine groups is 1. The van der Waals surface area contributed by atoms with E-state index in [1.807, 2.05) is 36.9 Å². The summed E-state index contributed by atoms with van der Waals surface area (Å²) in [7, 11) is 0. The lowest BCUT2D eigenvalue weighted by Gasteiger charge is -2.37. The Morgan fingerprint density at radius 3 is 2.70 bits per heavy atom. The second-order valence-corrected chi connectivity index (χ2v) is 12.0. The van der Waals surface area contributed by atoms with Crippen LogP contribution in [0.25, 0.3) is 11.3 Å². The van der Waals surface area contributed by atoms with E-state index in [1.54, 1.807) is 11.2 Å². The van der Waals surface area contributed by atoms with Crippen molar-refractivity contribution in [1.82, 2.24) is 25.5 Å². The number of benzene rings is 1. The Bertz CT molecular complexity index is 1510. The van der Waals surface area contributed by atoms with Crippen LogP contribution in [0.4, 0.5) is 4.39 Å². The summed E-state index contributed by atoms with van der Waals surface area (Å²) in [5.41, 5.74) is 6.57. The van der Waals surface area contributed by atoms with Gasteiger partial charge >= 0.3 is 0 Å². The van der Waals surface area contributed by atoms with E-state index in [0.29, 0.717) is 37.3 Å². The molecule has 1 saturated heterocycles. The maximum Gasteiger partial charge on any atom is 0.298 e. The summed E-state index contributed by atoms with van der Waals surface area (Å²) in [5, 5.41) is 12.6. The van der Waals surface area contributed by atoms with E-state index in [2.05, 4.69) is 61.6 Å². The predicted molar refractivity (Wildman–Crippen MR) is 171 cm³/mol. The van der Waals surface area contributed by atoms with Gasteiger partial charge in [0.1, 0.15) is 17.8 Å². The van der Waals surface area contributed by atoms with Crippen LogP contribution in [0.2, 0.25) is 0 Å². The van der Waals surface area contributed by atoms with E-state index >= 15 is 0 Å². The molecule has 2 N–H and O–H groups in total. The molecule has 0 aliphatic carbocycles. The van der Waals surface area contributed by atoms with Crippen LogP contribution in [-0.2, 0) is 24.2 Å². The molecular formula is C33H41FN8O. The maximum absolute atomic E-state index is 13.8. The fourth-order valence-electron chi connectivity index (χ4n) is 5.58. The van der Waals surface area contributed by atoms with Crippen molar-refractivity contribution in [1.29, 1.82) is 0 Å². The molecule has 10 heteroatoms. The number of hydrogen-bond acceptors (Lipinski definition) is 7. The molecule has 1 unspecified atom stereocenters. The first-order chi connectivity index (χ1) is 20.6. The van der Waals surface area contributed by atoms with Gasteiger partial charge < -0.3 is 15.0 Å². The van der Waals surface area contributed by atoms with Gasteiger partial charge in [0.25, 0.3) is 12.0 Å². The number of ether oxygens (including phenoxy) is 1. The summed E-state index contributed by atoms with van der Waals surface area (Å²) in [5.74, 6) is 0.606. The molecule has 5 rings (SSSR count). The number of piperidine rings is 1. The molecule has 9 nitrogen and oxygen atoms in total. The highest BCUT2D eigenvalue weighted by Gasteiger charge is 2.31. The number of pyridine rings is 1. The third kappa shape index (κ3) is 6.69. The Kier molecular flexibility index (Phi) is 8.77. The van der Waals surface area contributed by atoms with Crippen molar-refractivity contribution >= 4 is 18.7 Å². The number of rotatable bonds is 7.